The summed E-state index contributed by atoms with van der Waals surface area (Å²) in [7, 11) is 0. The van der Waals surface area contributed by atoms with Crippen LogP contribution in [0.25, 0.3) is 6.08 Å². The highest BCUT2D eigenvalue weighted by molar-refractivity contribution is 5.52. The summed E-state index contributed by atoms with van der Waals surface area (Å²) in [5, 5.41) is 8.60. The van der Waals surface area contributed by atoms with E-state index in [-0.39, 0.29) is 0 Å². The molecule has 1 aromatic rings. The van der Waals surface area contributed by atoms with E-state index >= 15 is 0 Å². The van der Waals surface area contributed by atoms with Gasteiger partial charge in [-0.15, -0.1) is 0 Å². The maximum absolute atomic E-state index is 12.9. The Kier molecular flexibility index (Phi) is 3.84. The van der Waals surface area contributed by atoms with Crippen LogP contribution >= 0.6 is 0 Å². The molecular weight excluding hydrogens is 179 g/mol. The Morgan fingerprint density at radius 1 is 1.43 bits per heavy atom. The third-order valence-electron chi connectivity index (χ3n) is 1.69. The molecule has 1 rings (SSSR count). The van der Waals surface area contributed by atoms with Crippen molar-refractivity contribution in [1.29, 1.82) is 5.26 Å². The molecule has 0 fully saturated rings. The number of nitrogens with zero attached hydrogens (tertiary/aromatic N) is 1. The highest BCUT2D eigenvalue weighted by Crippen LogP contribution is 2.10. The molecule has 0 saturated heterocycles. The molecule has 0 aromatic heterocycles. The Hall–Kier alpha value is -1.66. The van der Waals surface area contributed by atoms with Gasteiger partial charge in [-0.1, -0.05) is 12.2 Å². The Morgan fingerprint density at radius 3 is 2.86 bits per heavy atom. The first kappa shape index (κ1) is 10.4. The van der Waals surface area contributed by atoms with E-state index in [0.717, 1.165) is 6.42 Å². The quantitative estimate of drug-likeness (QED) is 0.793. The number of halogens is 1. The number of nitrogens with two attached hydrogens (primary N) is 1. The third-order valence-corrected chi connectivity index (χ3v) is 1.69. The molecule has 0 saturated carbocycles. The van der Waals surface area contributed by atoms with Crippen LogP contribution in [0, 0.1) is 17.1 Å². The van der Waals surface area contributed by atoms with E-state index in [1.165, 1.54) is 12.1 Å². The number of nitriles is 1. The molecule has 0 radical (unpaired) electrons. The Balaban J connectivity index is 2.88. The molecule has 72 valence electrons. The monoisotopic (exact) mass is 190 g/mol. The van der Waals surface area contributed by atoms with Gasteiger partial charge in [-0.3, -0.25) is 0 Å². The fourth-order valence-corrected chi connectivity index (χ4v) is 1.09. The Labute approximate surface area is 82.5 Å². The molecule has 0 aliphatic rings. The van der Waals surface area contributed by atoms with Crippen molar-refractivity contribution in [3.8, 4) is 6.07 Å². The summed E-state index contributed by atoms with van der Waals surface area (Å²) in [6.45, 7) is 0.566. The third kappa shape index (κ3) is 3.00. The zero-order valence-corrected chi connectivity index (χ0v) is 7.70. The van der Waals surface area contributed by atoms with Gasteiger partial charge in [0.05, 0.1) is 11.6 Å². The van der Waals surface area contributed by atoms with Crippen molar-refractivity contribution in [1.82, 2.24) is 0 Å². The van der Waals surface area contributed by atoms with Gasteiger partial charge in [0.25, 0.3) is 0 Å². The van der Waals surface area contributed by atoms with E-state index in [9.17, 15) is 4.39 Å². The Morgan fingerprint density at radius 2 is 2.21 bits per heavy atom. The molecule has 2 N–H and O–H groups in total. The van der Waals surface area contributed by atoms with Crippen LogP contribution < -0.4 is 5.73 Å². The largest absolute Gasteiger partial charge is 0.330 e. The van der Waals surface area contributed by atoms with Crippen LogP contribution in [0.1, 0.15) is 17.5 Å². The zero-order chi connectivity index (χ0) is 10.4. The van der Waals surface area contributed by atoms with Gasteiger partial charge in [-0.2, -0.15) is 5.26 Å². The molecule has 0 spiro atoms. The molecule has 0 atom stereocenters. The van der Waals surface area contributed by atoms with Crippen LogP contribution in [0.4, 0.5) is 4.39 Å². The van der Waals surface area contributed by atoms with Crippen molar-refractivity contribution in [2.24, 2.45) is 5.73 Å². The molecule has 0 aliphatic heterocycles. The molecular formula is C11H11FN2. The first-order chi connectivity index (χ1) is 6.76. The van der Waals surface area contributed by atoms with Gasteiger partial charge < -0.3 is 5.73 Å². The van der Waals surface area contributed by atoms with E-state index in [4.69, 9.17) is 11.0 Å². The maximum Gasteiger partial charge on any atom is 0.125 e. The molecule has 1 aromatic carbocycles. The maximum atomic E-state index is 12.9. The van der Waals surface area contributed by atoms with E-state index in [1.807, 2.05) is 12.1 Å². The molecule has 2 nitrogen and oxygen atoms in total. The predicted octanol–water partition coefficient (Wildman–Crippen LogP) is 2.06. The van der Waals surface area contributed by atoms with Crippen molar-refractivity contribution in [2.45, 2.75) is 6.42 Å². The summed E-state index contributed by atoms with van der Waals surface area (Å²) in [5.74, 6) is -0.392. The fraction of sp³-hybridized carbons (Fsp3) is 0.182. The van der Waals surface area contributed by atoms with Crippen molar-refractivity contribution >= 4 is 6.08 Å². The lowest BCUT2D eigenvalue weighted by Crippen LogP contribution is -1.95. The number of benzene rings is 1. The minimum Gasteiger partial charge on any atom is -0.330 e. The second-order valence-corrected chi connectivity index (χ2v) is 2.86. The van der Waals surface area contributed by atoms with Crippen LogP contribution in [0.3, 0.4) is 0 Å². The van der Waals surface area contributed by atoms with Crippen LogP contribution in [0.15, 0.2) is 24.3 Å². The van der Waals surface area contributed by atoms with Gasteiger partial charge in [0.15, 0.2) is 0 Å². The number of hydrogen-bond donors (Lipinski definition) is 1. The molecule has 0 heterocycles. The highest BCUT2D eigenvalue weighted by Gasteiger charge is 1.96. The average molecular weight is 190 g/mol. The molecule has 3 heteroatoms. The summed E-state index contributed by atoms with van der Waals surface area (Å²) in [5.41, 5.74) is 6.32. The fourth-order valence-electron chi connectivity index (χ4n) is 1.09. The standard InChI is InChI=1S/C11H11FN2/c12-11-6-9(3-1-2-4-13)5-10(7-11)8-14/h1,3,5-7H,2,4,13H2. The predicted molar refractivity (Wildman–Crippen MR) is 53.8 cm³/mol. The first-order valence-corrected chi connectivity index (χ1v) is 4.33. The Bertz CT molecular complexity index is 377. The minimum absolute atomic E-state index is 0.331. The van der Waals surface area contributed by atoms with Gasteiger partial charge in [-0.05, 0) is 36.7 Å². The molecule has 0 aliphatic carbocycles. The van der Waals surface area contributed by atoms with Crippen LogP contribution in [-0.2, 0) is 0 Å². The molecule has 0 unspecified atom stereocenters. The topological polar surface area (TPSA) is 49.8 Å². The van der Waals surface area contributed by atoms with E-state index in [0.29, 0.717) is 17.7 Å². The lowest BCUT2D eigenvalue weighted by Gasteiger charge is -1.95. The summed E-state index contributed by atoms with van der Waals surface area (Å²) in [4.78, 5) is 0. The second kappa shape index (κ2) is 5.15. The second-order valence-electron chi connectivity index (χ2n) is 2.86. The lowest BCUT2D eigenvalue weighted by atomic mass is 10.1. The normalized spacial score (nSPS) is 10.4. The molecule has 0 bridgehead atoms. The molecule has 0 amide bonds. The summed E-state index contributed by atoms with van der Waals surface area (Å²) >= 11 is 0. The van der Waals surface area contributed by atoms with Crippen LogP contribution in [-0.4, -0.2) is 6.54 Å². The summed E-state index contributed by atoms with van der Waals surface area (Å²) in [6, 6.07) is 6.13. The van der Waals surface area contributed by atoms with Gasteiger partial charge >= 0.3 is 0 Å². The zero-order valence-electron chi connectivity index (χ0n) is 7.70. The van der Waals surface area contributed by atoms with Gasteiger partial charge in [-0.25, -0.2) is 4.39 Å². The van der Waals surface area contributed by atoms with E-state index in [2.05, 4.69) is 0 Å². The first-order valence-electron chi connectivity index (χ1n) is 4.33. The van der Waals surface area contributed by atoms with Crippen molar-refractivity contribution in [2.75, 3.05) is 6.54 Å². The van der Waals surface area contributed by atoms with Crippen molar-refractivity contribution in [3.05, 3.63) is 41.2 Å². The van der Waals surface area contributed by atoms with Gasteiger partial charge in [0.1, 0.15) is 5.82 Å². The molecule has 14 heavy (non-hydrogen) atoms. The minimum atomic E-state index is -0.392. The van der Waals surface area contributed by atoms with E-state index in [1.54, 1.807) is 12.1 Å². The SMILES string of the molecule is N#Cc1cc(F)cc(C=CCCN)c1. The van der Waals surface area contributed by atoms with Crippen LogP contribution in [0.5, 0.6) is 0 Å². The van der Waals surface area contributed by atoms with Gasteiger partial charge in [0.2, 0.25) is 0 Å². The highest BCUT2D eigenvalue weighted by atomic mass is 19.1. The van der Waals surface area contributed by atoms with Crippen LogP contribution in [0.2, 0.25) is 0 Å². The number of rotatable bonds is 3. The summed E-state index contributed by atoms with van der Waals surface area (Å²) < 4.78 is 12.9. The van der Waals surface area contributed by atoms with E-state index < -0.39 is 5.82 Å². The van der Waals surface area contributed by atoms with Crippen molar-refractivity contribution in [3.63, 3.8) is 0 Å². The van der Waals surface area contributed by atoms with Gasteiger partial charge in [0, 0.05) is 0 Å². The van der Waals surface area contributed by atoms with Crippen molar-refractivity contribution < 1.29 is 4.39 Å². The smallest absolute Gasteiger partial charge is 0.125 e. The lowest BCUT2D eigenvalue weighted by molar-refractivity contribution is 0.627. The average Bonchev–Trinajstić information content (AvgIpc) is 2.17. The number of hydrogen-bond acceptors (Lipinski definition) is 2. The summed E-state index contributed by atoms with van der Waals surface area (Å²) in [6.07, 6.45) is 4.37.